The van der Waals surface area contributed by atoms with Gasteiger partial charge in [0.2, 0.25) is 5.91 Å². The number of likely N-dealkylation sites (tertiary alicyclic amines) is 1. The van der Waals surface area contributed by atoms with E-state index in [1.54, 1.807) is 0 Å². The average molecular weight is 282 g/mol. The van der Waals surface area contributed by atoms with Crippen molar-refractivity contribution in [2.75, 3.05) is 26.2 Å². The lowest BCUT2D eigenvalue weighted by atomic mass is 9.94. The van der Waals surface area contributed by atoms with Gasteiger partial charge in [-0.1, -0.05) is 26.2 Å². The minimum Gasteiger partial charge on any atom is -0.393 e. The number of amides is 1. The SMILES string of the molecule is CCN(C(=O)CN1CCC(O)C(C)C1)C1CCCCC1. The van der Waals surface area contributed by atoms with E-state index >= 15 is 0 Å². The largest absolute Gasteiger partial charge is 0.393 e. The van der Waals surface area contributed by atoms with E-state index < -0.39 is 0 Å². The van der Waals surface area contributed by atoms with E-state index in [2.05, 4.69) is 23.6 Å². The van der Waals surface area contributed by atoms with Crippen LogP contribution in [-0.4, -0.2) is 59.1 Å². The smallest absolute Gasteiger partial charge is 0.236 e. The standard InChI is InChI=1S/C16H30N2O2/c1-3-18(14-7-5-4-6-8-14)16(20)12-17-10-9-15(19)13(2)11-17/h13-15,19H,3-12H2,1-2H3. The molecule has 1 saturated heterocycles. The lowest BCUT2D eigenvalue weighted by Crippen LogP contribution is -2.49. The predicted octanol–water partition coefficient (Wildman–Crippen LogP) is 1.87. The molecule has 1 amide bonds. The van der Waals surface area contributed by atoms with E-state index in [0.29, 0.717) is 12.6 Å². The van der Waals surface area contributed by atoms with Gasteiger partial charge in [0, 0.05) is 25.7 Å². The van der Waals surface area contributed by atoms with E-state index in [1.165, 1.54) is 32.1 Å². The van der Waals surface area contributed by atoms with Gasteiger partial charge in [-0.3, -0.25) is 9.69 Å². The van der Waals surface area contributed by atoms with Gasteiger partial charge in [-0.2, -0.15) is 0 Å². The summed E-state index contributed by atoms with van der Waals surface area (Å²) in [5, 5.41) is 9.77. The Kier molecular flexibility index (Phi) is 5.85. The molecule has 4 nitrogen and oxygen atoms in total. The molecule has 1 aliphatic carbocycles. The third-order valence-corrected chi connectivity index (χ3v) is 4.98. The minimum atomic E-state index is -0.193. The summed E-state index contributed by atoms with van der Waals surface area (Å²) in [4.78, 5) is 16.9. The fraction of sp³-hybridized carbons (Fsp3) is 0.938. The summed E-state index contributed by atoms with van der Waals surface area (Å²) in [5.41, 5.74) is 0. The van der Waals surface area contributed by atoms with Gasteiger partial charge in [0.25, 0.3) is 0 Å². The van der Waals surface area contributed by atoms with Gasteiger partial charge in [0.1, 0.15) is 0 Å². The number of aliphatic hydroxyl groups excluding tert-OH is 1. The van der Waals surface area contributed by atoms with Crippen molar-refractivity contribution in [3.63, 3.8) is 0 Å². The Morgan fingerprint density at radius 1 is 1.25 bits per heavy atom. The molecule has 1 N–H and O–H groups in total. The van der Waals surface area contributed by atoms with Crippen LogP contribution < -0.4 is 0 Å². The zero-order valence-electron chi connectivity index (χ0n) is 13.1. The van der Waals surface area contributed by atoms with Gasteiger partial charge in [0.15, 0.2) is 0 Å². The molecule has 1 saturated carbocycles. The molecule has 0 radical (unpaired) electrons. The number of rotatable bonds is 4. The van der Waals surface area contributed by atoms with E-state index in [4.69, 9.17) is 0 Å². The van der Waals surface area contributed by atoms with Crippen molar-refractivity contribution in [2.45, 2.75) is 64.5 Å². The van der Waals surface area contributed by atoms with Crippen LogP contribution in [0, 0.1) is 5.92 Å². The normalized spacial score (nSPS) is 29.4. The molecule has 2 rings (SSSR count). The number of likely N-dealkylation sites (N-methyl/N-ethyl adjacent to an activating group) is 1. The first-order valence-corrected chi connectivity index (χ1v) is 8.31. The van der Waals surface area contributed by atoms with Gasteiger partial charge in [-0.05, 0) is 32.1 Å². The first kappa shape index (κ1) is 15.8. The van der Waals surface area contributed by atoms with Crippen LogP contribution in [0.3, 0.4) is 0 Å². The lowest BCUT2D eigenvalue weighted by molar-refractivity contribution is -0.136. The van der Waals surface area contributed by atoms with Crippen molar-refractivity contribution < 1.29 is 9.90 Å². The highest BCUT2D eigenvalue weighted by molar-refractivity contribution is 5.78. The molecule has 2 aliphatic rings. The minimum absolute atomic E-state index is 0.193. The number of aliphatic hydroxyl groups is 1. The van der Waals surface area contributed by atoms with Crippen LogP contribution >= 0.6 is 0 Å². The number of carbonyl (C=O) groups excluding carboxylic acids is 1. The molecular weight excluding hydrogens is 252 g/mol. The van der Waals surface area contributed by atoms with Crippen molar-refractivity contribution in [3.05, 3.63) is 0 Å². The maximum Gasteiger partial charge on any atom is 0.236 e. The van der Waals surface area contributed by atoms with Crippen LogP contribution in [0.25, 0.3) is 0 Å². The third-order valence-electron chi connectivity index (χ3n) is 4.98. The highest BCUT2D eigenvalue weighted by atomic mass is 16.3. The maximum absolute atomic E-state index is 12.6. The van der Waals surface area contributed by atoms with Gasteiger partial charge in [0.05, 0.1) is 12.6 Å². The summed E-state index contributed by atoms with van der Waals surface area (Å²) >= 11 is 0. The van der Waals surface area contributed by atoms with Crippen LogP contribution in [0.15, 0.2) is 0 Å². The van der Waals surface area contributed by atoms with Crippen LogP contribution in [0.5, 0.6) is 0 Å². The van der Waals surface area contributed by atoms with E-state index in [9.17, 15) is 9.90 Å². The Labute approximate surface area is 123 Å². The summed E-state index contributed by atoms with van der Waals surface area (Å²) in [6.07, 6.45) is 6.81. The molecule has 2 unspecified atom stereocenters. The van der Waals surface area contributed by atoms with E-state index in [-0.39, 0.29) is 17.9 Å². The summed E-state index contributed by atoms with van der Waals surface area (Å²) in [5.74, 6) is 0.560. The van der Waals surface area contributed by atoms with Crippen molar-refractivity contribution in [3.8, 4) is 0 Å². The first-order valence-electron chi connectivity index (χ1n) is 8.31. The predicted molar refractivity (Wildman–Crippen MR) is 80.5 cm³/mol. The maximum atomic E-state index is 12.6. The van der Waals surface area contributed by atoms with Gasteiger partial charge < -0.3 is 10.0 Å². The van der Waals surface area contributed by atoms with Crippen LogP contribution in [0.4, 0.5) is 0 Å². The molecule has 0 spiro atoms. The molecule has 0 bridgehead atoms. The highest BCUT2D eigenvalue weighted by Gasteiger charge is 2.29. The molecule has 116 valence electrons. The Hall–Kier alpha value is -0.610. The zero-order valence-corrected chi connectivity index (χ0v) is 13.1. The average Bonchev–Trinajstić information content (AvgIpc) is 2.45. The van der Waals surface area contributed by atoms with Gasteiger partial charge in [-0.25, -0.2) is 0 Å². The second kappa shape index (κ2) is 7.41. The molecule has 0 aromatic heterocycles. The molecule has 4 heteroatoms. The molecule has 0 aromatic rings. The topological polar surface area (TPSA) is 43.8 Å². The molecule has 2 atom stereocenters. The quantitative estimate of drug-likeness (QED) is 0.856. The fourth-order valence-electron chi connectivity index (χ4n) is 3.68. The summed E-state index contributed by atoms with van der Waals surface area (Å²) in [7, 11) is 0. The van der Waals surface area contributed by atoms with Crippen molar-refractivity contribution in [2.24, 2.45) is 5.92 Å². The molecule has 20 heavy (non-hydrogen) atoms. The second-order valence-electron chi connectivity index (χ2n) is 6.54. The molecular formula is C16H30N2O2. The number of nitrogens with zero attached hydrogens (tertiary/aromatic N) is 2. The van der Waals surface area contributed by atoms with Crippen molar-refractivity contribution in [1.82, 2.24) is 9.80 Å². The Morgan fingerprint density at radius 3 is 2.55 bits per heavy atom. The third kappa shape index (κ3) is 3.95. The fourth-order valence-corrected chi connectivity index (χ4v) is 3.68. The van der Waals surface area contributed by atoms with Crippen LogP contribution in [0.2, 0.25) is 0 Å². The highest BCUT2D eigenvalue weighted by Crippen LogP contribution is 2.23. The first-order chi connectivity index (χ1) is 9.61. The number of hydrogen-bond donors (Lipinski definition) is 1. The number of carbonyl (C=O) groups is 1. The summed E-state index contributed by atoms with van der Waals surface area (Å²) < 4.78 is 0. The van der Waals surface area contributed by atoms with E-state index in [1.807, 2.05) is 0 Å². The molecule has 1 aliphatic heterocycles. The van der Waals surface area contributed by atoms with Gasteiger partial charge in [-0.15, -0.1) is 0 Å². The Bertz CT molecular complexity index is 316. The van der Waals surface area contributed by atoms with E-state index in [0.717, 1.165) is 26.1 Å². The summed E-state index contributed by atoms with van der Waals surface area (Å²) in [6.45, 7) is 7.21. The Morgan fingerprint density at radius 2 is 1.95 bits per heavy atom. The Balaban J connectivity index is 1.85. The summed E-state index contributed by atoms with van der Waals surface area (Å²) in [6, 6.07) is 0.467. The van der Waals surface area contributed by atoms with Crippen molar-refractivity contribution in [1.29, 1.82) is 0 Å². The number of hydrogen-bond acceptors (Lipinski definition) is 3. The zero-order chi connectivity index (χ0) is 14.5. The molecule has 2 fully saturated rings. The molecule has 1 heterocycles. The van der Waals surface area contributed by atoms with Gasteiger partial charge >= 0.3 is 0 Å². The van der Waals surface area contributed by atoms with Crippen molar-refractivity contribution >= 4 is 5.91 Å². The van der Waals surface area contributed by atoms with Crippen LogP contribution in [0.1, 0.15) is 52.4 Å². The second-order valence-corrected chi connectivity index (χ2v) is 6.54. The lowest BCUT2D eigenvalue weighted by Gasteiger charge is -2.38. The number of piperidine rings is 1. The molecule has 0 aromatic carbocycles. The van der Waals surface area contributed by atoms with Crippen LogP contribution in [-0.2, 0) is 4.79 Å². The monoisotopic (exact) mass is 282 g/mol.